The predicted octanol–water partition coefficient (Wildman–Crippen LogP) is 3.21. The van der Waals surface area contributed by atoms with E-state index in [4.69, 9.17) is 16.7 Å². The molecule has 0 saturated heterocycles. The summed E-state index contributed by atoms with van der Waals surface area (Å²) < 4.78 is 26.9. The maximum Gasteiger partial charge on any atom is 0.337 e. The number of nitrogens with one attached hydrogen (secondary N) is 1. The van der Waals surface area contributed by atoms with E-state index < -0.39 is 16.0 Å². The van der Waals surface area contributed by atoms with Crippen molar-refractivity contribution in [2.24, 2.45) is 0 Å². The van der Waals surface area contributed by atoms with E-state index in [1.54, 1.807) is 13.0 Å². The van der Waals surface area contributed by atoms with Crippen molar-refractivity contribution in [2.75, 3.05) is 4.72 Å². The Bertz CT molecular complexity index is 768. The molecule has 1 aromatic carbocycles. The van der Waals surface area contributed by atoms with Crippen LogP contribution in [0.5, 0.6) is 0 Å². The Morgan fingerprint density at radius 2 is 2.00 bits per heavy atom. The number of halogens is 1. The van der Waals surface area contributed by atoms with Crippen LogP contribution in [0.4, 0.5) is 5.69 Å². The Morgan fingerprint density at radius 3 is 2.55 bits per heavy atom. The van der Waals surface area contributed by atoms with E-state index in [9.17, 15) is 13.2 Å². The number of benzene rings is 1. The average molecular weight is 332 g/mol. The highest BCUT2D eigenvalue weighted by Crippen LogP contribution is 2.28. The highest BCUT2D eigenvalue weighted by molar-refractivity contribution is 7.94. The Morgan fingerprint density at radius 1 is 1.30 bits per heavy atom. The lowest BCUT2D eigenvalue weighted by Gasteiger charge is -2.10. The molecule has 0 amide bonds. The van der Waals surface area contributed by atoms with Gasteiger partial charge in [0.05, 0.1) is 15.6 Å². The van der Waals surface area contributed by atoms with Crippen LogP contribution in [0.1, 0.15) is 15.9 Å². The monoisotopic (exact) mass is 331 g/mol. The summed E-state index contributed by atoms with van der Waals surface area (Å²) in [6, 6.07) is 7.29. The summed E-state index contributed by atoms with van der Waals surface area (Å²) in [5.41, 5.74) is 0.647. The molecule has 0 bridgehead atoms. The lowest BCUT2D eigenvalue weighted by Crippen LogP contribution is -2.14. The molecule has 20 heavy (non-hydrogen) atoms. The minimum absolute atomic E-state index is 0.0209. The topological polar surface area (TPSA) is 83.5 Å². The summed E-state index contributed by atoms with van der Waals surface area (Å²) in [6.45, 7) is 1.73. The Kier molecular flexibility index (Phi) is 4.03. The summed E-state index contributed by atoms with van der Waals surface area (Å²) in [6.07, 6.45) is 0. The van der Waals surface area contributed by atoms with Crippen LogP contribution < -0.4 is 4.72 Å². The smallest absolute Gasteiger partial charge is 0.337 e. The van der Waals surface area contributed by atoms with Crippen molar-refractivity contribution in [2.45, 2.75) is 11.1 Å². The molecular weight excluding hydrogens is 322 g/mol. The number of aromatic carboxylic acids is 1. The largest absolute Gasteiger partial charge is 0.478 e. The molecule has 0 aliphatic carbocycles. The molecule has 2 aromatic rings. The molecular formula is C12H10ClNO4S2. The van der Waals surface area contributed by atoms with Crippen LogP contribution in [0.15, 0.2) is 34.5 Å². The Balaban J connectivity index is 2.42. The number of carboxylic acid groups (broad SMARTS) is 1. The minimum Gasteiger partial charge on any atom is -0.478 e. The number of aryl methyl sites for hydroxylation is 1. The van der Waals surface area contributed by atoms with E-state index >= 15 is 0 Å². The first kappa shape index (κ1) is 14.8. The second-order valence-corrected chi connectivity index (χ2v) is 7.64. The quantitative estimate of drug-likeness (QED) is 0.901. The first-order valence-electron chi connectivity index (χ1n) is 5.42. The summed E-state index contributed by atoms with van der Waals surface area (Å²) in [5, 5.41) is 9.11. The van der Waals surface area contributed by atoms with Gasteiger partial charge >= 0.3 is 5.97 Å². The van der Waals surface area contributed by atoms with Gasteiger partial charge in [0.2, 0.25) is 0 Å². The highest BCUT2D eigenvalue weighted by Gasteiger charge is 2.20. The lowest BCUT2D eigenvalue weighted by atomic mass is 10.1. The van der Waals surface area contributed by atoms with Crippen molar-refractivity contribution < 1.29 is 18.3 Å². The van der Waals surface area contributed by atoms with E-state index in [0.29, 0.717) is 4.34 Å². The molecule has 0 saturated carbocycles. The zero-order valence-electron chi connectivity index (χ0n) is 10.3. The standard InChI is InChI=1S/C12H10ClNO4S2/c1-7-2-3-9(8(6-7)12(15)16)14-20(17,18)11-5-4-10(13)19-11/h2-6,14H,1H3,(H,15,16). The molecule has 0 spiro atoms. The van der Waals surface area contributed by atoms with E-state index in [1.165, 1.54) is 24.3 Å². The second-order valence-electron chi connectivity index (χ2n) is 4.02. The summed E-state index contributed by atoms with van der Waals surface area (Å²) in [7, 11) is -3.84. The fourth-order valence-electron chi connectivity index (χ4n) is 1.56. The van der Waals surface area contributed by atoms with Gasteiger partial charge in [0.25, 0.3) is 10.0 Å². The molecule has 106 valence electrons. The molecule has 0 unspecified atom stereocenters. The van der Waals surface area contributed by atoms with Gasteiger partial charge in [-0.2, -0.15) is 0 Å². The van der Waals surface area contributed by atoms with Crippen LogP contribution in [-0.4, -0.2) is 19.5 Å². The third kappa shape index (κ3) is 3.12. The first-order chi connectivity index (χ1) is 9.29. The predicted molar refractivity (Wildman–Crippen MR) is 78.3 cm³/mol. The normalized spacial score (nSPS) is 11.3. The van der Waals surface area contributed by atoms with E-state index in [1.807, 2.05) is 0 Å². The molecule has 1 heterocycles. The average Bonchev–Trinajstić information content (AvgIpc) is 2.78. The van der Waals surface area contributed by atoms with Crippen LogP contribution in [0.25, 0.3) is 0 Å². The number of anilines is 1. The van der Waals surface area contributed by atoms with E-state index in [-0.39, 0.29) is 15.5 Å². The van der Waals surface area contributed by atoms with Crippen LogP contribution in [0.2, 0.25) is 4.34 Å². The second kappa shape index (κ2) is 5.43. The third-order valence-electron chi connectivity index (χ3n) is 2.46. The van der Waals surface area contributed by atoms with Crippen molar-refractivity contribution in [1.82, 2.24) is 0 Å². The van der Waals surface area contributed by atoms with Crippen molar-refractivity contribution >= 4 is 44.6 Å². The van der Waals surface area contributed by atoms with Gasteiger partial charge in [-0.3, -0.25) is 4.72 Å². The number of thiophene rings is 1. The molecule has 2 rings (SSSR count). The molecule has 0 aliphatic heterocycles. The minimum atomic E-state index is -3.84. The van der Waals surface area contributed by atoms with Crippen LogP contribution in [-0.2, 0) is 10.0 Å². The Labute approximate surface area is 124 Å². The van der Waals surface area contributed by atoms with Gasteiger partial charge in [-0.05, 0) is 31.2 Å². The number of rotatable bonds is 4. The van der Waals surface area contributed by atoms with Crippen molar-refractivity contribution in [3.8, 4) is 0 Å². The number of carbonyl (C=O) groups is 1. The molecule has 2 N–H and O–H groups in total. The molecule has 8 heteroatoms. The Hall–Kier alpha value is -1.57. The number of hydrogen-bond donors (Lipinski definition) is 2. The van der Waals surface area contributed by atoms with Crippen molar-refractivity contribution in [3.63, 3.8) is 0 Å². The van der Waals surface area contributed by atoms with Gasteiger partial charge in [0.15, 0.2) is 0 Å². The van der Waals surface area contributed by atoms with E-state index in [0.717, 1.165) is 16.9 Å². The van der Waals surface area contributed by atoms with Gasteiger partial charge in [-0.1, -0.05) is 23.2 Å². The summed E-state index contributed by atoms with van der Waals surface area (Å²) >= 11 is 6.60. The van der Waals surface area contributed by atoms with Gasteiger partial charge < -0.3 is 5.11 Å². The molecule has 0 atom stereocenters. The van der Waals surface area contributed by atoms with Gasteiger partial charge in [-0.25, -0.2) is 13.2 Å². The number of sulfonamides is 1. The van der Waals surface area contributed by atoms with Gasteiger partial charge in [0.1, 0.15) is 4.21 Å². The molecule has 0 fully saturated rings. The van der Waals surface area contributed by atoms with Crippen molar-refractivity contribution in [1.29, 1.82) is 0 Å². The number of hydrogen-bond acceptors (Lipinski definition) is 4. The maximum atomic E-state index is 12.1. The van der Waals surface area contributed by atoms with E-state index in [2.05, 4.69) is 4.72 Å². The molecule has 0 radical (unpaired) electrons. The van der Waals surface area contributed by atoms with Crippen molar-refractivity contribution in [3.05, 3.63) is 45.8 Å². The van der Waals surface area contributed by atoms with Crippen LogP contribution >= 0.6 is 22.9 Å². The lowest BCUT2D eigenvalue weighted by molar-refractivity contribution is 0.0698. The number of carboxylic acids is 1. The highest BCUT2D eigenvalue weighted by atomic mass is 35.5. The van der Waals surface area contributed by atoms with Gasteiger partial charge in [-0.15, -0.1) is 11.3 Å². The fourth-order valence-corrected chi connectivity index (χ4v) is 4.12. The van der Waals surface area contributed by atoms with Crippen LogP contribution in [0, 0.1) is 6.92 Å². The molecule has 1 aromatic heterocycles. The SMILES string of the molecule is Cc1ccc(NS(=O)(=O)c2ccc(Cl)s2)c(C(=O)O)c1. The van der Waals surface area contributed by atoms with Crippen LogP contribution in [0.3, 0.4) is 0 Å². The maximum absolute atomic E-state index is 12.1. The zero-order chi connectivity index (χ0) is 14.9. The van der Waals surface area contributed by atoms with Gasteiger partial charge in [0, 0.05) is 0 Å². The summed E-state index contributed by atoms with van der Waals surface area (Å²) in [4.78, 5) is 11.1. The third-order valence-corrected chi connectivity index (χ3v) is 5.55. The summed E-state index contributed by atoms with van der Waals surface area (Å²) in [5.74, 6) is -1.20. The zero-order valence-corrected chi connectivity index (χ0v) is 12.6. The molecule has 0 aliphatic rings. The molecule has 5 nitrogen and oxygen atoms in total. The first-order valence-corrected chi connectivity index (χ1v) is 8.09. The fraction of sp³-hybridized carbons (Fsp3) is 0.0833.